The topological polar surface area (TPSA) is 58.9 Å². The molecular weight excluding hydrogens is 324 g/mol. The van der Waals surface area contributed by atoms with E-state index in [4.69, 9.17) is 0 Å². The van der Waals surface area contributed by atoms with E-state index in [0.717, 1.165) is 50.8 Å². The smallest absolute Gasteiger partial charge is 0.147 e. The Balaban J connectivity index is 0.00000169. The Bertz CT molecular complexity index is 660. The van der Waals surface area contributed by atoms with Crippen LogP contribution < -0.4 is 5.32 Å². The van der Waals surface area contributed by atoms with Crippen molar-refractivity contribution in [2.24, 2.45) is 0 Å². The second kappa shape index (κ2) is 7.59. The third kappa shape index (κ3) is 3.61. The van der Waals surface area contributed by atoms with Crippen molar-refractivity contribution in [1.82, 2.24) is 30.0 Å². The van der Waals surface area contributed by atoms with Crippen molar-refractivity contribution in [3.8, 4) is 0 Å². The summed E-state index contributed by atoms with van der Waals surface area (Å²) in [6.45, 7) is 8.17. The number of likely N-dealkylation sites (tertiary alicyclic amines) is 1. The van der Waals surface area contributed by atoms with E-state index in [1.807, 2.05) is 13.1 Å². The molecule has 4 heterocycles. The van der Waals surface area contributed by atoms with Crippen molar-refractivity contribution in [3.63, 3.8) is 0 Å². The standard InChI is InChI=1S/C17H24N6.ClH/c1-13-2-3-14(10-19-13)12-22-7-4-15(5-8-22)17-21-20-16-11-18-6-9-23(16)17;/h2-3,10,15,18H,4-9,11-12H2,1H3;1H. The molecular formula is C17H25ClN6. The first-order valence-electron chi connectivity index (χ1n) is 8.56. The van der Waals surface area contributed by atoms with E-state index in [0.29, 0.717) is 5.92 Å². The van der Waals surface area contributed by atoms with Gasteiger partial charge in [-0.3, -0.25) is 9.88 Å². The van der Waals surface area contributed by atoms with E-state index in [2.05, 4.69) is 42.1 Å². The molecule has 0 aliphatic carbocycles. The van der Waals surface area contributed by atoms with Gasteiger partial charge in [0.1, 0.15) is 11.6 Å². The molecule has 130 valence electrons. The first-order valence-corrected chi connectivity index (χ1v) is 8.56. The van der Waals surface area contributed by atoms with Gasteiger partial charge in [0.15, 0.2) is 0 Å². The number of aryl methyl sites for hydroxylation is 1. The molecule has 2 aromatic heterocycles. The number of pyridine rings is 1. The number of nitrogens with zero attached hydrogens (tertiary/aromatic N) is 5. The summed E-state index contributed by atoms with van der Waals surface area (Å²) in [5, 5.41) is 12.2. The maximum Gasteiger partial charge on any atom is 0.147 e. The zero-order chi connectivity index (χ0) is 15.6. The van der Waals surface area contributed by atoms with Gasteiger partial charge in [-0.05, 0) is 44.5 Å². The second-order valence-electron chi connectivity index (χ2n) is 6.66. The first-order chi connectivity index (χ1) is 11.3. The molecule has 2 aliphatic heterocycles. The molecule has 0 bridgehead atoms. The fourth-order valence-electron chi connectivity index (χ4n) is 3.62. The van der Waals surface area contributed by atoms with Crippen molar-refractivity contribution in [3.05, 3.63) is 41.2 Å². The van der Waals surface area contributed by atoms with E-state index in [1.165, 1.54) is 24.2 Å². The third-order valence-electron chi connectivity index (χ3n) is 4.98. The largest absolute Gasteiger partial charge is 0.312 e. The van der Waals surface area contributed by atoms with Crippen molar-refractivity contribution < 1.29 is 0 Å². The van der Waals surface area contributed by atoms with Gasteiger partial charge in [-0.25, -0.2) is 0 Å². The van der Waals surface area contributed by atoms with Gasteiger partial charge >= 0.3 is 0 Å². The minimum atomic E-state index is 0. The highest BCUT2D eigenvalue weighted by atomic mass is 35.5. The van der Waals surface area contributed by atoms with E-state index < -0.39 is 0 Å². The van der Waals surface area contributed by atoms with E-state index >= 15 is 0 Å². The summed E-state index contributed by atoms with van der Waals surface area (Å²) in [4.78, 5) is 6.92. The minimum Gasteiger partial charge on any atom is -0.312 e. The summed E-state index contributed by atoms with van der Waals surface area (Å²) in [5.74, 6) is 2.86. The first kappa shape index (κ1) is 17.3. The molecule has 0 radical (unpaired) electrons. The highest BCUT2D eigenvalue weighted by molar-refractivity contribution is 5.85. The average Bonchev–Trinajstić information content (AvgIpc) is 3.02. The lowest BCUT2D eigenvalue weighted by atomic mass is 9.95. The van der Waals surface area contributed by atoms with E-state index in [-0.39, 0.29) is 12.4 Å². The molecule has 0 aromatic carbocycles. The molecule has 2 aromatic rings. The maximum atomic E-state index is 4.48. The summed E-state index contributed by atoms with van der Waals surface area (Å²) in [6.07, 6.45) is 4.35. The molecule has 0 spiro atoms. The lowest BCUT2D eigenvalue weighted by Gasteiger charge is -2.32. The van der Waals surface area contributed by atoms with Crippen LogP contribution in [0.4, 0.5) is 0 Å². The number of piperidine rings is 1. The Labute approximate surface area is 149 Å². The van der Waals surface area contributed by atoms with E-state index in [1.54, 1.807) is 0 Å². The predicted molar refractivity (Wildman–Crippen MR) is 95.2 cm³/mol. The van der Waals surface area contributed by atoms with Crippen LogP contribution in [-0.4, -0.2) is 44.3 Å². The molecule has 7 heteroatoms. The number of aromatic nitrogens is 4. The van der Waals surface area contributed by atoms with Crippen LogP contribution in [-0.2, 0) is 19.6 Å². The van der Waals surface area contributed by atoms with Gasteiger partial charge in [0.05, 0.1) is 6.54 Å². The number of halogens is 1. The maximum absolute atomic E-state index is 4.48. The number of rotatable bonds is 3. The fraction of sp³-hybridized carbons (Fsp3) is 0.588. The second-order valence-corrected chi connectivity index (χ2v) is 6.66. The minimum absolute atomic E-state index is 0. The summed E-state index contributed by atoms with van der Waals surface area (Å²) >= 11 is 0. The summed E-state index contributed by atoms with van der Waals surface area (Å²) in [6, 6.07) is 4.29. The highest BCUT2D eigenvalue weighted by Gasteiger charge is 2.26. The Hall–Kier alpha value is -1.50. The van der Waals surface area contributed by atoms with Gasteiger partial charge in [0.2, 0.25) is 0 Å². The number of fused-ring (bicyclic) bond motifs is 1. The van der Waals surface area contributed by atoms with Crippen molar-refractivity contribution in [1.29, 1.82) is 0 Å². The lowest BCUT2D eigenvalue weighted by molar-refractivity contribution is 0.199. The number of hydrogen-bond acceptors (Lipinski definition) is 5. The molecule has 0 unspecified atom stereocenters. The Kier molecular flexibility index (Phi) is 5.48. The van der Waals surface area contributed by atoms with Gasteiger partial charge in [-0.1, -0.05) is 6.07 Å². The quantitative estimate of drug-likeness (QED) is 0.917. The van der Waals surface area contributed by atoms with Crippen LogP contribution in [0.15, 0.2) is 18.3 Å². The average molecular weight is 349 g/mol. The molecule has 2 aliphatic rings. The van der Waals surface area contributed by atoms with Crippen LogP contribution in [0.2, 0.25) is 0 Å². The van der Waals surface area contributed by atoms with E-state index in [9.17, 15) is 0 Å². The van der Waals surface area contributed by atoms with Crippen LogP contribution >= 0.6 is 12.4 Å². The van der Waals surface area contributed by atoms with Crippen LogP contribution in [0.5, 0.6) is 0 Å². The zero-order valence-electron chi connectivity index (χ0n) is 14.1. The third-order valence-corrected chi connectivity index (χ3v) is 4.98. The summed E-state index contributed by atoms with van der Waals surface area (Å²) in [5.41, 5.74) is 2.39. The Morgan fingerprint density at radius 1 is 1.17 bits per heavy atom. The number of nitrogens with one attached hydrogen (secondary N) is 1. The molecule has 1 saturated heterocycles. The monoisotopic (exact) mass is 348 g/mol. The van der Waals surface area contributed by atoms with Gasteiger partial charge < -0.3 is 9.88 Å². The van der Waals surface area contributed by atoms with Crippen LogP contribution in [0.25, 0.3) is 0 Å². The van der Waals surface area contributed by atoms with Crippen molar-refractivity contribution in [2.45, 2.75) is 45.3 Å². The SMILES string of the molecule is Cc1ccc(CN2CCC(c3nnc4n3CCNC4)CC2)cn1.Cl. The fourth-order valence-corrected chi connectivity index (χ4v) is 3.62. The van der Waals surface area contributed by atoms with Gasteiger partial charge in [-0.15, -0.1) is 22.6 Å². The molecule has 24 heavy (non-hydrogen) atoms. The van der Waals surface area contributed by atoms with Gasteiger partial charge in [0.25, 0.3) is 0 Å². The van der Waals surface area contributed by atoms with Crippen molar-refractivity contribution in [2.75, 3.05) is 19.6 Å². The van der Waals surface area contributed by atoms with Crippen LogP contribution in [0.3, 0.4) is 0 Å². The molecule has 0 saturated carbocycles. The Morgan fingerprint density at radius 2 is 2.00 bits per heavy atom. The summed E-state index contributed by atoms with van der Waals surface area (Å²) in [7, 11) is 0. The lowest BCUT2D eigenvalue weighted by Crippen LogP contribution is -2.34. The highest BCUT2D eigenvalue weighted by Crippen LogP contribution is 2.28. The summed E-state index contributed by atoms with van der Waals surface area (Å²) < 4.78 is 2.33. The molecule has 6 nitrogen and oxygen atoms in total. The predicted octanol–water partition coefficient (Wildman–Crippen LogP) is 1.89. The molecule has 0 atom stereocenters. The van der Waals surface area contributed by atoms with Crippen molar-refractivity contribution >= 4 is 12.4 Å². The molecule has 1 fully saturated rings. The van der Waals surface area contributed by atoms with Crippen LogP contribution in [0.1, 0.15) is 41.7 Å². The Morgan fingerprint density at radius 3 is 2.75 bits per heavy atom. The normalized spacial score (nSPS) is 18.9. The van der Waals surface area contributed by atoms with Crippen LogP contribution in [0, 0.1) is 6.92 Å². The molecule has 4 rings (SSSR count). The number of hydrogen-bond donors (Lipinski definition) is 1. The van der Waals surface area contributed by atoms with Gasteiger partial charge in [0, 0.05) is 37.4 Å². The van der Waals surface area contributed by atoms with Gasteiger partial charge in [-0.2, -0.15) is 0 Å². The molecule has 0 amide bonds. The molecule has 1 N–H and O–H groups in total. The zero-order valence-corrected chi connectivity index (χ0v) is 14.9.